The third-order valence-corrected chi connectivity index (χ3v) is 8.10. The summed E-state index contributed by atoms with van der Waals surface area (Å²) in [6.07, 6.45) is 8.59. The maximum absolute atomic E-state index is 10.7. The lowest BCUT2D eigenvalue weighted by molar-refractivity contribution is 0.0785. The molecule has 0 aliphatic carbocycles. The van der Waals surface area contributed by atoms with Crippen molar-refractivity contribution in [3.63, 3.8) is 0 Å². The summed E-state index contributed by atoms with van der Waals surface area (Å²) in [4.78, 5) is 7.19. The van der Waals surface area contributed by atoms with Crippen molar-refractivity contribution in [2.24, 2.45) is 5.92 Å². The first-order valence-electron chi connectivity index (χ1n) is 14.2. The molecule has 0 unspecified atom stereocenters. The highest BCUT2D eigenvalue weighted by molar-refractivity contribution is 6.30. The number of benzene rings is 2. The highest BCUT2D eigenvalue weighted by Crippen LogP contribution is 2.38. The normalized spacial score (nSPS) is 18.5. The SMILES string of the molecule is CC(C)(O)c1ccc2c(c1)C(=CCCN1CC[C@H](CNCCCc3ccc(Cl)cc3)C1)c1cccnc1CO2. The van der Waals surface area contributed by atoms with Crippen LogP contribution in [0.25, 0.3) is 5.57 Å². The van der Waals surface area contributed by atoms with E-state index in [0.717, 1.165) is 90.7 Å². The molecule has 0 bridgehead atoms. The Bertz CT molecular complexity index is 1280. The fourth-order valence-corrected chi connectivity index (χ4v) is 5.73. The maximum Gasteiger partial charge on any atom is 0.131 e. The van der Waals surface area contributed by atoms with Crippen molar-refractivity contribution >= 4 is 17.2 Å². The Morgan fingerprint density at radius 1 is 1.15 bits per heavy atom. The average Bonchev–Trinajstić information content (AvgIpc) is 3.31. The molecule has 0 saturated carbocycles. The van der Waals surface area contributed by atoms with Gasteiger partial charge in [0.25, 0.3) is 0 Å². The van der Waals surface area contributed by atoms with Crippen molar-refractivity contribution in [2.45, 2.75) is 51.7 Å². The van der Waals surface area contributed by atoms with Crippen molar-refractivity contribution in [3.05, 3.63) is 99.8 Å². The molecule has 2 aromatic carbocycles. The van der Waals surface area contributed by atoms with Crippen molar-refractivity contribution < 1.29 is 9.84 Å². The Hall–Kier alpha value is -2.70. The van der Waals surface area contributed by atoms with Crippen molar-refractivity contribution in [1.29, 1.82) is 0 Å². The van der Waals surface area contributed by atoms with Gasteiger partial charge in [-0.2, -0.15) is 0 Å². The summed E-state index contributed by atoms with van der Waals surface area (Å²) in [7, 11) is 0. The molecular formula is C33H40ClN3O2. The maximum atomic E-state index is 10.7. The predicted octanol–water partition coefficient (Wildman–Crippen LogP) is 6.22. The lowest BCUT2D eigenvalue weighted by Crippen LogP contribution is -2.27. The second-order valence-corrected chi connectivity index (χ2v) is 11.8. The number of hydrogen-bond acceptors (Lipinski definition) is 5. The van der Waals surface area contributed by atoms with Crippen LogP contribution in [0.2, 0.25) is 5.02 Å². The molecule has 39 heavy (non-hydrogen) atoms. The van der Waals surface area contributed by atoms with Crippen molar-refractivity contribution in [3.8, 4) is 5.75 Å². The van der Waals surface area contributed by atoms with Crippen LogP contribution < -0.4 is 10.1 Å². The van der Waals surface area contributed by atoms with Gasteiger partial charge in [0.15, 0.2) is 0 Å². The smallest absolute Gasteiger partial charge is 0.131 e. The minimum atomic E-state index is -0.918. The van der Waals surface area contributed by atoms with Crippen LogP contribution in [0.4, 0.5) is 0 Å². The third-order valence-electron chi connectivity index (χ3n) is 7.85. The predicted molar refractivity (Wildman–Crippen MR) is 159 cm³/mol. The molecule has 6 heteroatoms. The minimum absolute atomic E-state index is 0.447. The van der Waals surface area contributed by atoms with Gasteiger partial charge in [-0.3, -0.25) is 4.98 Å². The van der Waals surface area contributed by atoms with Crippen molar-refractivity contribution in [1.82, 2.24) is 15.2 Å². The molecule has 3 heterocycles. The monoisotopic (exact) mass is 545 g/mol. The molecule has 2 aliphatic heterocycles. The van der Waals surface area contributed by atoms with Crippen LogP contribution in [0.1, 0.15) is 61.1 Å². The van der Waals surface area contributed by atoms with Gasteiger partial charge in [0.1, 0.15) is 12.4 Å². The lowest BCUT2D eigenvalue weighted by Gasteiger charge is -2.20. The van der Waals surface area contributed by atoms with Gasteiger partial charge < -0.3 is 20.1 Å². The average molecular weight is 546 g/mol. The quantitative estimate of drug-likeness (QED) is 0.296. The van der Waals surface area contributed by atoms with Crippen LogP contribution in [-0.2, 0) is 18.6 Å². The Kier molecular flexibility index (Phi) is 9.03. The highest BCUT2D eigenvalue weighted by atomic mass is 35.5. The van der Waals surface area contributed by atoms with E-state index in [2.05, 4.69) is 45.5 Å². The molecule has 206 valence electrons. The molecule has 0 amide bonds. The zero-order valence-electron chi connectivity index (χ0n) is 23.1. The van der Waals surface area contributed by atoms with E-state index < -0.39 is 5.60 Å². The number of nitrogens with one attached hydrogen (secondary N) is 1. The second kappa shape index (κ2) is 12.6. The molecule has 1 saturated heterocycles. The zero-order chi connectivity index (χ0) is 27.2. The first-order chi connectivity index (χ1) is 18.9. The summed E-state index contributed by atoms with van der Waals surface area (Å²) < 4.78 is 6.14. The Morgan fingerprint density at radius 3 is 2.82 bits per heavy atom. The summed E-state index contributed by atoms with van der Waals surface area (Å²) in [6.45, 7) is 9.56. The van der Waals surface area contributed by atoms with E-state index in [9.17, 15) is 5.11 Å². The van der Waals surface area contributed by atoms with E-state index in [1.165, 1.54) is 12.0 Å². The summed E-state index contributed by atoms with van der Waals surface area (Å²) >= 11 is 5.98. The highest BCUT2D eigenvalue weighted by Gasteiger charge is 2.25. The number of hydrogen-bond donors (Lipinski definition) is 2. The van der Waals surface area contributed by atoms with E-state index in [0.29, 0.717) is 12.5 Å². The first kappa shape index (κ1) is 27.9. The fourth-order valence-electron chi connectivity index (χ4n) is 5.61. The Morgan fingerprint density at radius 2 is 2.00 bits per heavy atom. The second-order valence-electron chi connectivity index (χ2n) is 11.4. The van der Waals surface area contributed by atoms with Gasteiger partial charge in [-0.25, -0.2) is 0 Å². The number of rotatable bonds is 10. The molecule has 1 fully saturated rings. The summed E-state index contributed by atoms with van der Waals surface area (Å²) in [5, 5.41) is 15.1. The van der Waals surface area contributed by atoms with Gasteiger partial charge in [0.2, 0.25) is 0 Å². The first-order valence-corrected chi connectivity index (χ1v) is 14.6. The number of aromatic nitrogens is 1. The summed E-state index contributed by atoms with van der Waals surface area (Å²) in [5.41, 5.74) is 5.56. The number of aliphatic hydroxyl groups is 1. The van der Waals surface area contributed by atoms with E-state index in [-0.39, 0.29) is 0 Å². The van der Waals surface area contributed by atoms with Crippen LogP contribution in [-0.4, -0.2) is 47.7 Å². The topological polar surface area (TPSA) is 57.6 Å². The number of likely N-dealkylation sites (tertiary alicyclic amines) is 1. The van der Waals surface area contributed by atoms with Gasteiger partial charge in [-0.15, -0.1) is 0 Å². The molecule has 0 spiro atoms. The molecule has 0 radical (unpaired) electrons. The molecule has 2 N–H and O–H groups in total. The molecule has 5 nitrogen and oxygen atoms in total. The lowest BCUT2D eigenvalue weighted by atomic mass is 9.90. The number of ether oxygens (including phenoxy) is 1. The number of pyridine rings is 1. The molecule has 1 atom stereocenters. The van der Waals surface area contributed by atoms with E-state index >= 15 is 0 Å². The van der Waals surface area contributed by atoms with Gasteiger partial charge in [0.05, 0.1) is 11.3 Å². The molecule has 3 aromatic rings. The molecule has 5 rings (SSSR count). The number of aryl methyl sites for hydroxylation is 1. The third kappa shape index (κ3) is 7.29. The van der Waals surface area contributed by atoms with Gasteiger partial charge >= 0.3 is 0 Å². The zero-order valence-corrected chi connectivity index (χ0v) is 23.9. The Labute approximate surface area is 237 Å². The number of fused-ring (bicyclic) bond motifs is 2. The molecule has 2 aliphatic rings. The van der Waals surface area contributed by atoms with Crippen LogP contribution in [0.15, 0.2) is 66.9 Å². The number of nitrogens with zero attached hydrogens (tertiary/aromatic N) is 2. The summed E-state index contributed by atoms with van der Waals surface area (Å²) in [5.74, 6) is 1.55. The Balaban J connectivity index is 1.16. The van der Waals surface area contributed by atoms with Crippen LogP contribution in [0.3, 0.4) is 0 Å². The van der Waals surface area contributed by atoms with Gasteiger partial charge in [0, 0.05) is 35.4 Å². The standard InChI is InChI=1S/C33H40ClN3O2/c1-33(2,38)26-11-14-32-30(20-26)28(29-7-4-17-36-31(29)23-39-32)8-5-18-37-19-15-25(22-37)21-35-16-3-6-24-9-12-27(34)13-10-24/h4,7-14,17,20,25,35,38H,3,5-6,15-16,18-19,21-23H2,1-2H3/t25-/m1/s1. The largest absolute Gasteiger partial charge is 0.487 e. The molecular weight excluding hydrogens is 506 g/mol. The van der Waals surface area contributed by atoms with E-state index in [4.69, 9.17) is 16.3 Å². The van der Waals surface area contributed by atoms with Crippen LogP contribution in [0, 0.1) is 5.92 Å². The van der Waals surface area contributed by atoms with Crippen molar-refractivity contribution in [2.75, 3.05) is 32.7 Å². The van der Waals surface area contributed by atoms with E-state index in [1.54, 1.807) is 0 Å². The van der Waals surface area contributed by atoms with E-state index in [1.807, 2.05) is 50.4 Å². The minimum Gasteiger partial charge on any atom is -0.487 e. The van der Waals surface area contributed by atoms with Gasteiger partial charge in [-0.1, -0.05) is 41.9 Å². The molecule has 1 aromatic heterocycles. The number of halogens is 1. The van der Waals surface area contributed by atoms with Crippen LogP contribution in [0.5, 0.6) is 5.75 Å². The summed E-state index contributed by atoms with van der Waals surface area (Å²) in [6, 6.07) is 18.3. The van der Waals surface area contributed by atoms with Gasteiger partial charge in [-0.05, 0) is 112 Å². The van der Waals surface area contributed by atoms with Crippen LogP contribution >= 0.6 is 11.6 Å². The fraction of sp³-hybridized carbons (Fsp3) is 0.424.